The zero-order valence-electron chi connectivity index (χ0n) is 23.3. The molecule has 4 rings (SSSR count). The summed E-state index contributed by atoms with van der Waals surface area (Å²) in [6, 6.07) is 34.5. The van der Waals surface area contributed by atoms with Crippen molar-refractivity contribution in [1.29, 1.82) is 0 Å². The summed E-state index contributed by atoms with van der Waals surface area (Å²) in [4.78, 5) is 29.5. The van der Waals surface area contributed by atoms with Crippen molar-refractivity contribution < 1.29 is 18.0 Å². The molecule has 0 fully saturated rings. The van der Waals surface area contributed by atoms with Crippen molar-refractivity contribution in [1.82, 2.24) is 10.2 Å². The van der Waals surface area contributed by atoms with Crippen molar-refractivity contribution >= 4 is 27.5 Å². The number of amides is 2. The predicted molar refractivity (Wildman–Crippen MR) is 162 cm³/mol. The molecule has 0 aliphatic heterocycles. The lowest BCUT2D eigenvalue weighted by molar-refractivity contribution is -0.140. The molecule has 0 bridgehead atoms. The highest BCUT2D eigenvalue weighted by Gasteiger charge is 2.34. The molecule has 0 aromatic heterocycles. The highest BCUT2D eigenvalue weighted by Crippen LogP contribution is 2.24. The first-order chi connectivity index (χ1) is 19.8. The monoisotopic (exact) mass is 569 g/mol. The maximum Gasteiger partial charge on any atom is 0.264 e. The number of benzene rings is 4. The average molecular weight is 570 g/mol. The van der Waals surface area contributed by atoms with E-state index in [1.165, 1.54) is 17.0 Å². The van der Waals surface area contributed by atoms with Crippen LogP contribution in [-0.4, -0.2) is 43.8 Å². The summed E-state index contributed by atoms with van der Waals surface area (Å²) < 4.78 is 28.8. The first-order valence-electron chi connectivity index (χ1n) is 13.6. The Morgan fingerprint density at radius 2 is 1.20 bits per heavy atom. The maximum absolute atomic E-state index is 14.3. The molecule has 0 saturated carbocycles. The van der Waals surface area contributed by atoms with Gasteiger partial charge in [0.2, 0.25) is 11.8 Å². The second kappa shape index (κ2) is 13.8. The molecular weight excluding hydrogens is 534 g/mol. The third-order valence-corrected chi connectivity index (χ3v) is 8.34. The molecule has 4 aromatic rings. The summed E-state index contributed by atoms with van der Waals surface area (Å²) in [5.74, 6) is -0.789. The van der Waals surface area contributed by atoms with Crippen LogP contribution in [0.5, 0.6) is 0 Å². The topological polar surface area (TPSA) is 86.8 Å². The van der Waals surface area contributed by atoms with E-state index in [0.717, 1.165) is 15.4 Å². The number of anilines is 1. The maximum atomic E-state index is 14.3. The highest BCUT2D eigenvalue weighted by molar-refractivity contribution is 7.92. The van der Waals surface area contributed by atoms with E-state index in [0.29, 0.717) is 5.69 Å². The molecular formula is C33H35N3O4S. The fraction of sp³-hybridized carbons (Fsp3) is 0.212. The van der Waals surface area contributed by atoms with Crippen LogP contribution in [0, 0.1) is 0 Å². The van der Waals surface area contributed by atoms with Gasteiger partial charge in [0.1, 0.15) is 12.6 Å². The van der Waals surface area contributed by atoms with Crippen LogP contribution in [0.4, 0.5) is 5.69 Å². The van der Waals surface area contributed by atoms with E-state index in [4.69, 9.17) is 0 Å². The Bertz CT molecular complexity index is 1510. The van der Waals surface area contributed by atoms with Crippen LogP contribution in [-0.2, 0) is 32.6 Å². The van der Waals surface area contributed by atoms with Crippen molar-refractivity contribution in [3.05, 3.63) is 132 Å². The van der Waals surface area contributed by atoms with Crippen molar-refractivity contribution in [2.24, 2.45) is 0 Å². The van der Waals surface area contributed by atoms with E-state index < -0.39 is 28.5 Å². The normalized spacial score (nSPS) is 12.0. The molecule has 1 atom stereocenters. The van der Waals surface area contributed by atoms with Gasteiger partial charge in [0.25, 0.3) is 10.0 Å². The van der Waals surface area contributed by atoms with E-state index in [9.17, 15) is 18.0 Å². The molecule has 41 heavy (non-hydrogen) atoms. The van der Waals surface area contributed by atoms with Crippen molar-refractivity contribution in [2.75, 3.05) is 10.8 Å². The van der Waals surface area contributed by atoms with Gasteiger partial charge in [-0.2, -0.15) is 0 Å². The number of sulfonamides is 1. The van der Waals surface area contributed by atoms with Gasteiger partial charge >= 0.3 is 0 Å². The molecule has 0 radical (unpaired) electrons. The molecule has 0 spiro atoms. The number of hydrogen-bond donors (Lipinski definition) is 1. The molecule has 212 valence electrons. The van der Waals surface area contributed by atoms with Crippen LogP contribution in [0.3, 0.4) is 0 Å². The number of rotatable bonds is 12. The Kier molecular flexibility index (Phi) is 9.92. The number of carbonyl (C=O) groups excluding carboxylic acids is 2. The van der Waals surface area contributed by atoms with Crippen LogP contribution < -0.4 is 9.62 Å². The largest absolute Gasteiger partial charge is 0.352 e. The second-order valence-corrected chi connectivity index (χ2v) is 11.9. The Morgan fingerprint density at radius 3 is 1.73 bits per heavy atom. The zero-order valence-corrected chi connectivity index (χ0v) is 24.1. The quantitative estimate of drug-likeness (QED) is 0.259. The number of carbonyl (C=O) groups is 2. The summed E-state index contributed by atoms with van der Waals surface area (Å²) in [5.41, 5.74) is 2.07. The number of para-hydroxylation sites is 1. The van der Waals surface area contributed by atoms with Gasteiger partial charge in [-0.1, -0.05) is 97.1 Å². The van der Waals surface area contributed by atoms with Gasteiger partial charge in [-0.25, -0.2) is 8.42 Å². The zero-order chi connectivity index (χ0) is 29.2. The van der Waals surface area contributed by atoms with E-state index in [-0.39, 0.29) is 29.8 Å². The van der Waals surface area contributed by atoms with Gasteiger partial charge in [-0.3, -0.25) is 13.9 Å². The van der Waals surface area contributed by atoms with Crippen molar-refractivity contribution in [3.63, 3.8) is 0 Å². The van der Waals surface area contributed by atoms with Gasteiger partial charge < -0.3 is 10.2 Å². The van der Waals surface area contributed by atoms with E-state index >= 15 is 0 Å². The summed E-state index contributed by atoms with van der Waals surface area (Å²) in [5, 5.41) is 2.96. The predicted octanol–water partition coefficient (Wildman–Crippen LogP) is 5.05. The van der Waals surface area contributed by atoms with E-state index in [2.05, 4.69) is 5.32 Å². The summed E-state index contributed by atoms with van der Waals surface area (Å²) in [7, 11) is -4.09. The Labute approximate surface area is 242 Å². The minimum atomic E-state index is -4.09. The van der Waals surface area contributed by atoms with Crippen LogP contribution in [0.1, 0.15) is 25.0 Å². The lowest BCUT2D eigenvalue weighted by atomic mass is 10.0. The van der Waals surface area contributed by atoms with Crippen LogP contribution in [0.2, 0.25) is 0 Å². The minimum absolute atomic E-state index is 0.0737. The van der Waals surface area contributed by atoms with Crippen molar-refractivity contribution in [2.45, 2.75) is 43.8 Å². The second-order valence-electron chi connectivity index (χ2n) is 10.0. The van der Waals surface area contributed by atoms with Crippen molar-refractivity contribution in [3.8, 4) is 0 Å². The van der Waals surface area contributed by atoms with Crippen LogP contribution >= 0.6 is 0 Å². The molecule has 0 unspecified atom stereocenters. The molecule has 7 nitrogen and oxygen atoms in total. The highest BCUT2D eigenvalue weighted by atomic mass is 32.2. The van der Waals surface area contributed by atoms with Crippen LogP contribution in [0.25, 0.3) is 0 Å². The van der Waals surface area contributed by atoms with E-state index in [1.54, 1.807) is 48.5 Å². The fourth-order valence-electron chi connectivity index (χ4n) is 4.56. The first-order valence-corrected chi connectivity index (χ1v) is 15.0. The molecule has 0 saturated heterocycles. The van der Waals surface area contributed by atoms with Gasteiger partial charge in [0.05, 0.1) is 10.6 Å². The lowest BCUT2D eigenvalue weighted by Gasteiger charge is -2.34. The smallest absolute Gasteiger partial charge is 0.264 e. The average Bonchev–Trinajstić information content (AvgIpc) is 2.99. The molecule has 0 aliphatic rings. The molecule has 0 aliphatic carbocycles. The number of nitrogens with zero attached hydrogens (tertiary/aromatic N) is 2. The third-order valence-electron chi connectivity index (χ3n) is 6.55. The van der Waals surface area contributed by atoms with Gasteiger partial charge in [0.15, 0.2) is 0 Å². The molecule has 8 heteroatoms. The molecule has 0 heterocycles. The molecule has 4 aromatic carbocycles. The SMILES string of the molecule is CC(C)NC(=O)[C@@H](Cc1ccccc1)N(Cc1ccccc1)C(=O)CN(c1ccccc1)S(=O)(=O)c1ccccc1. The summed E-state index contributed by atoms with van der Waals surface area (Å²) in [6.45, 7) is 3.39. The Morgan fingerprint density at radius 1 is 0.707 bits per heavy atom. The molecule has 2 amide bonds. The first kappa shape index (κ1) is 29.6. The standard InChI is InChI=1S/C33H35N3O4S/c1-26(2)34-33(38)31(23-27-15-7-3-8-16-27)35(24-28-17-9-4-10-18-28)32(37)25-36(29-19-11-5-12-20-29)41(39,40)30-21-13-6-14-22-30/h3-22,26,31H,23-25H2,1-2H3,(H,34,38)/t31-/m1/s1. The Balaban J connectivity index is 1.77. The minimum Gasteiger partial charge on any atom is -0.352 e. The fourth-order valence-corrected chi connectivity index (χ4v) is 5.99. The third kappa shape index (κ3) is 7.83. The molecule has 1 N–H and O–H groups in total. The van der Waals surface area contributed by atoms with E-state index in [1.807, 2.05) is 74.5 Å². The number of nitrogens with one attached hydrogen (secondary N) is 1. The van der Waals surface area contributed by atoms with Gasteiger partial charge in [-0.05, 0) is 49.2 Å². The number of hydrogen-bond acceptors (Lipinski definition) is 4. The summed E-state index contributed by atoms with van der Waals surface area (Å²) in [6.07, 6.45) is 0.273. The summed E-state index contributed by atoms with van der Waals surface area (Å²) >= 11 is 0. The Hall–Kier alpha value is -4.43. The van der Waals surface area contributed by atoms with Gasteiger partial charge in [-0.15, -0.1) is 0 Å². The van der Waals surface area contributed by atoms with Gasteiger partial charge in [0, 0.05) is 19.0 Å². The van der Waals surface area contributed by atoms with Crippen LogP contribution in [0.15, 0.2) is 126 Å². The lowest BCUT2D eigenvalue weighted by Crippen LogP contribution is -2.54.